The zero-order valence-corrected chi connectivity index (χ0v) is 20.8. The summed E-state index contributed by atoms with van der Waals surface area (Å²) >= 11 is 13.6. The average molecular weight is 517 g/mol. The minimum absolute atomic E-state index is 0.0181. The van der Waals surface area contributed by atoms with E-state index in [2.05, 4.69) is 5.32 Å². The molecule has 0 aliphatic carbocycles. The minimum Gasteiger partial charge on any atom is -0.493 e. The van der Waals surface area contributed by atoms with E-state index in [0.29, 0.717) is 33.0 Å². The van der Waals surface area contributed by atoms with Gasteiger partial charge in [-0.2, -0.15) is 0 Å². The third-order valence-corrected chi connectivity index (χ3v) is 7.13. The van der Waals surface area contributed by atoms with Crippen molar-refractivity contribution in [3.63, 3.8) is 0 Å². The zero-order chi connectivity index (χ0) is 24.2. The van der Waals surface area contributed by atoms with Crippen molar-refractivity contribution in [3.8, 4) is 11.5 Å². The number of carbonyl (C=O) groups excluding carboxylic acids is 2. The van der Waals surface area contributed by atoms with Crippen molar-refractivity contribution in [2.75, 3.05) is 29.7 Å². The number of aryl methyl sites for hydroxylation is 1. The molecule has 4 rings (SSSR count). The number of amides is 2. The van der Waals surface area contributed by atoms with Crippen molar-refractivity contribution in [3.05, 3.63) is 81.8 Å². The number of hydrogen-bond donors (Lipinski definition) is 1. The van der Waals surface area contributed by atoms with Crippen LogP contribution in [0.25, 0.3) is 0 Å². The highest BCUT2D eigenvalue weighted by atomic mass is 35.5. The van der Waals surface area contributed by atoms with E-state index in [1.165, 1.54) is 18.9 Å². The van der Waals surface area contributed by atoms with Crippen LogP contribution < -0.4 is 19.7 Å². The zero-order valence-electron chi connectivity index (χ0n) is 18.5. The van der Waals surface area contributed by atoms with Crippen LogP contribution in [0.15, 0.2) is 60.7 Å². The highest BCUT2D eigenvalue weighted by Crippen LogP contribution is 2.44. The number of hydrogen-bond acceptors (Lipinski definition) is 5. The van der Waals surface area contributed by atoms with Gasteiger partial charge in [-0.1, -0.05) is 35.3 Å². The smallest absolute Gasteiger partial charge is 0.262 e. The molecule has 0 unspecified atom stereocenters. The van der Waals surface area contributed by atoms with Crippen molar-refractivity contribution in [2.24, 2.45) is 0 Å². The lowest BCUT2D eigenvalue weighted by molar-refractivity contribution is -0.118. The highest BCUT2D eigenvalue weighted by Gasteiger charge is 2.34. The molecule has 1 atom stereocenters. The average Bonchev–Trinajstić information content (AvgIpc) is 3.22. The molecule has 9 heteroatoms. The largest absolute Gasteiger partial charge is 0.493 e. The monoisotopic (exact) mass is 516 g/mol. The topological polar surface area (TPSA) is 67.9 Å². The molecular weight excluding hydrogens is 495 g/mol. The number of methoxy groups -OCH3 is 1. The van der Waals surface area contributed by atoms with Crippen LogP contribution in [0.5, 0.6) is 11.5 Å². The lowest BCUT2D eigenvalue weighted by Crippen LogP contribution is -2.27. The van der Waals surface area contributed by atoms with Crippen LogP contribution in [0, 0.1) is 6.92 Å². The van der Waals surface area contributed by atoms with Gasteiger partial charge < -0.3 is 14.8 Å². The van der Waals surface area contributed by atoms with Crippen LogP contribution in [-0.2, 0) is 9.59 Å². The van der Waals surface area contributed by atoms with Gasteiger partial charge in [0, 0.05) is 21.4 Å². The standard InChI is InChI=1S/C25H22Cl2N2O4S/c1-15-3-7-18(12-20(15)27)28-23(30)13-33-21-10-4-16(11-22(21)32-2)25-29(24(31)14-34-25)19-8-5-17(26)6-9-19/h3-12,25H,13-14H2,1-2H3,(H,28,30)/t25-/m0/s1. The minimum atomic E-state index is -0.322. The first-order valence-corrected chi connectivity index (χ1v) is 12.2. The van der Waals surface area contributed by atoms with Crippen molar-refractivity contribution < 1.29 is 19.1 Å². The van der Waals surface area contributed by atoms with E-state index in [1.807, 2.05) is 37.3 Å². The number of nitrogens with zero attached hydrogens (tertiary/aromatic N) is 1. The van der Waals surface area contributed by atoms with Gasteiger partial charge in [-0.05, 0) is 66.6 Å². The first kappa shape index (κ1) is 24.3. The first-order chi connectivity index (χ1) is 16.4. The summed E-state index contributed by atoms with van der Waals surface area (Å²) in [5, 5.41) is 3.73. The predicted molar refractivity (Wildman–Crippen MR) is 137 cm³/mol. The van der Waals surface area contributed by atoms with Gasteiger partial charge in [0.2, 0.25) is 5.91 Å². The summed E-state index contributed by atoms with van der Waals surface area (Å²) in [6.07, 6.45) is 0. The lowest BCUT2D eigenvalue weighted by Gasteiger charge is -2.25. The Balaban J connectivity index is 1.46. The molecule has 0 radical (unpaired) electrons. The molecule has 3 aromatic carbocycles. The third-order valence-electron chi connectivity index (χ3n) is 5.26. The van der Waals surface area contributed by atoms with Gasteiger partial charge in [-0.3, -0.25) is 14.5 Å². The maximum atomic E-state index is 12.6. The van der Waals surface area contributed by atoms with Crippen LogP contribution in [0.3, 0.4) is 0 Å². The van der Waals surface area contributed by atoms with Gasteiger partial charge in [-0.15, -0.1) is 11.8 Å². The summed E-state index contributed by atoms with van der Waals surface area (Å²) in [7, 11) is 1.53. The van der Waals surface area contributed by atoms with Gasteiger partial charge in [0.15, 0.2) is 18.1 Å². The molecule has 0 bridgehead atoms. The Hall–Kier alpha value is -2.87. The number of nitrogens with one attached hydrogen (secondary N) is 1. The van der Waals surface area contributed by atoms with E-state index in [-0.39, 0.29) is 23.8 Å². The number of rotatable bonds is 7. The number of thioether (sulfide) groups is 1. The maximum absolute atomic E-state index is 12.6. The number of benzene rings is 3. The fraction of sp³-hybridized carbons (Fsp3) is 0.200. The molecule has 1 saturated heterocycles. The molecule has 1 heterocycles. The van der Waals surface area contributed by atoms with Gasteiger partial charge in [0.1, 0.15) is 5.37 Å². The Morgan fingerprint density at radius 3 is 2.56 bits per heavy atom. The van der Waals surface area contributed by atoms with Crippen molar-refractivity contribution in [2.45, 2.75) is 12.3 Å². The first-order valence-electron chi connectivity index (χ1n) is 10.4. The number of carbonyl (C=O) groups is 2. The van der Waals surface area contributed by atoms with Gasteiger partial charge in [0.25, 0.3) is 5.91 Å². The molecular formula is C25H22Cl2N2O4S. The summed E-state index contributed by atoms with van der Waals surface area (Å²) in [6.45, 7) is 1.69. The van der Waals surface area contributed by atoms with Crippen LogP contribution in [0.1, 0.15) is 16.5 Å². The molecule has 34 heavy (non-hydrogen) atoms. The highest BCUT2D eigenvalue weighted by molar-refractivity contribution is 8.00. The fourth-order valence-corrected chi connectivity index (χ4v) is 4.99. The van der Waals surface area contributed by atoms with E-state index in [0.717, 1.165) is 16.8 Å². The van der Waals surface area contributed by atoms with E-state index in [9.17, 15) is 9.59 Å². The summed E-state index contributed by atoms with van der Waals surface area (Å²) < 4.78 is 11.2. The second-order valence-corrected chi connectivity index (χ2v) is 9.53. The van der Waals surface area contributed by atoms with E-state index < -0.39 is 0 Å². The third kappa shape index (κ3) is 5.43. The van der Waals surface area contributed by atoms with E-state index >= 15 is 0 Å². The molecule has 1 aliphatic rings. The van der Waals surface area contributed by atoms with Crippen molar-refractivity contribution in [1.29, 1.82) is 0 Å². The van der Waals surface area contributed by atoms with Gasteiger partial charge >= 0.3 is 0 Å². The maximum Gasteiger partial charge on any atom is 0.262 e. The summed E-state index contributed by atoms with van der Waals surface area (Å²) in [5.74, 6) is 0.966. The Morgan fingerprint density at radius 2 is 1.85 bits per heavy atom. The van der Waals surface area contributed by atoms with Crippen LogP contribution in [0.2, 0.25) is 10.0 Å². The Kier molecular flexibility index (Phi) is 7.56. The number of halogens is 2. The second-order valence-electron chi connectivity index (χ2n) is 7.61. The number of ether oxygens (including phenoxy) is 2. The van der Waals surface area contributed by atoms with Gasteiger partial charge in [0.05, 0.1) is 12.9 Å². The Labute approximate surface area is 212 Å². The van der Waals surface area contributed by atoms with Gasteiger partial charge in [-0.25, -0.2) is 0 Å². The summed E-state index contributed by atoms with van der Waals surface area (Å²) in [6, 6.07) is 17.9. The molecule has 0 aromatic heterocycles. The molecule has 0 spiro atoms. The molecule has 6 nitrogen and oxygen atoms in total. The van der Waals surface area contributed by atoms with Crippen LogP contribution in [0.4, 0.5) is 11.4 Å². The molecule has 0 saturated carbocycles. The van der Waals surface area contributed by atoms with E-state index in [4.69, 9.17) is 32.7 Å². The molecule has 3 aromatic rings. The lowest BCUT2D eigenvalue weighted by atomic mass is 10.1. The summed E-state index contributed by atoms with van der Waals surface area (Å²) in [5.41, 5.74) is 3.18. The summed E-state index contributed by atoms with van der Waals surface area (Å²) in [4.78, 5) is 26.7. The number of anilines is 2. The fourth-order valence-electron chi connectivity index (χ4n) is 3.52. The Bertz CT molecular complexity index is 1220. The normalized spacial score (nSPS) is 15.4. The molecule has 2 amide bonds. The predicted octanol–water partition coefficient (Wildman–Crippen LogP) is 6.11. The second kappa shape index (κ2) is 10.6. The molecule has 1 aliphatic heterocycles. The van der Waals surface area contributed by atoms with Crippen molar-refractivity contribution in [1.82, 2.24) is 0 Å². The van der Waals surface area contributed by atoms with E-state index in [1.54, 1.807) is 35.2 Å². The molecule has 176 valence electrons. The Morgan fingerprint density at radius 1 is 1.09 bits per heavy atom. The van der Waals surface area contributed by atoms with Crippen LogP contribution in [-0.4, -0.2) is 31.3 Å². The molecule has 1 N–H and O–H groups in total. The quantitative estimate of drug-likeness (QED) is 0.410. The van der Waals surface area contributed by atoms with Crippen molar-refractivity contribution >= 4 is 58.2 Å². The molecule has 1 fully saturated rings. The van der Waals surface area contributed by atoms with Crippen LogP contribution >= 0.6 is 35.0 Å². The SMILES string of the molecule is COc1cc([C@@H]2SCC(=O)N2c2ccc(Cl)cc2)ccc1OCC(=O)Nc1ccc(C)c(Cl)c1.